The van der Waals surface area contributed by atoms with E-state index in [-0.39, 0.29) is 0 Å². The van der Waals surface area contributed by atoms with Crippen LogP contribution in [0.4, 0.5) is 0 Å². The molecule has 3 nitrogen and oxygen atoms in total. The highest BCUT2D eigenvalue weighted by Crippen LogP contribution is 2.21. The molecule has 0 aliphatic carbocycles. The number of likely N-dealkylation sites (tertiary alicyclic amines) is 1. The second kappa shape index (κ2) is 6.70. The van der Waals surface area contributed by atoms with Gasteiger partial charge in [0.1, 0.15) is 0 Å². The Morgan fingerprint density at radius 3 is 2.75 bits per heavy atom. The fourth-order valence-corrected chi connectivity index (χ4v) is 3.24. The van der Waals surface area contributed by atoms with Crippen LogP contribution < -0.4 is 0 Å². The van der Waals surface area contributed by atoms with Gasteiger partial charge in [0.2, 0.25) is 0 Å². The monoisotopic (exact) mass is 276 g/mol. The Morgan fingerprint density at radius 2 is 2.15 bits per heavy atom. The summed E-state index contributed by atoms with van der Waals surface area (Å²) in [5.74, 6) is 0. The van der Waals surface area contributed by atoms with Crippen molar-refractivity contribution in [1.82, 2.24) is 9.80 Å². The highest BCUT2D eigenvalue weighted by atomic mass is 16.3. The van der Waals surface area contributed by atoms with E-state index in [1.165, 1.54) is 30.5 Å². The number of benzene rings is 1. The van der Waals surface area contributed by atoms with Crippen molar-refractivity contribution in [2.24, 2.45) is 0 Å². The smallest absolute Gasteiger partial charge is 0.0919 e. The quantitative estimate of drug-likeness (QED) is 0.894. The molecule has 1 heterocycles. The van der Waals surface area contributed by atoms with Gasteiger partial charge in [-0.15, -0.1) is 0 Å². The minimum Gasteiger partial charge on any atom is -0.387 e. The standard InChI is InChI=1S/C17H28N2O/c1-13-7-8-16(14(2)10-13)17(20)12-18(3)11-15-6-5-9-19(15)4/h7-8,10,15,17,20H,5-6,9,11-12H2,1-4H3. The molecular formula is C17H28N2O. The third-order valence-corrected chi connectivity index (χ3v) is 4.46. The Morgan fingerprint density at radius 1 is 1.40 bits per heavy atom. The van der Waals surface area contributed by atoms with Crippen molar-refractivity contribution >= 4 is 0 Å². The van der Waals surface area contributed by atoms with Crippen molar-refractivity contribution in [3.63, 3.8) is 0 Å². The van der Waals surface area contributed by atoms with E-state index in [2.05, 4.69) is 55.9 Å². The largest absolute Gasteiger partial charge is 0.387 e. The molecule has 0 saturated carbocycles. The Kier molecular flexibility index (Phi) is 5.19. The van der Waals surface area contributed by atoms with Crippen LogP contribution in [0.15, 0.2) is 18.2 Å². The van der Waals surface area contributed by atoms with Gasteiger partial charge < -0.3 is 14.9 Å². The Balaban J connectivity index is 1.91. The van der Waals surface area contributed by atoms with Gasteiger partial charge in [-0.25, -0.2) is 0 Å². The number of rotatable bonds is 5. The van der Waals surface area contributed by atoms with Gasteiger partial charge in [-0.05, 0) is 58.5 Å². The van der Waals surface area contributed by atoms with E-state index in [0.29, 0.717) is 12.6 Å². The van der Waals surface area contributed by atoms with E-state index in [9.17, 15) is 5.11 Å². The summed E-state index contributed by atoms with van der Waals surface area (Å²) in [4.78, 5) is 4.69. The Bertz CT molecular complexity index is 447. The van der Waals surface area contributed by atoms with Crippen LogP contribution in [-0.2, 0) is 0 Å². The lowest BCUT2D eigenvalue weighted by Gasteiger charge is -2.27. The van der Waals surface area contributed by atoms with E-state index in [4.69, 9.17) is 0 Å². The van der Waals surface area contributed by atoms with Crippen LogP contribution in [-0.4, -0.2) is 54.7 Å². The molecule has 2 rings (SSSR count). The second-order valence-corrected chi connectivity index (χ2v) is 6.37. The predicted octanol–water partition coefficient (Wildman–Crippen LogP) is 2.36. The van der Waals surface area contributed by atoms with Gasteiger partial charge in [0.15, 0.2) is 0 Å². The molecule has 1 aliphatic rings. The van der Waals surface area contributed by atoms with E-state index in [1.54, 1.807) is 0 Å². The zero-order valence-electron chi connectivity index (χ0n) is 13.3. The fraction of sp³-hybridized carbons (Fsp3) is 0.647. The highest BCUT2D eigenvalue weighted by Gasteiger charge is 2.23. The highest BCUT2D eigenvalue weighted by molar-refractivity contribution is 5.32. The number of likely N-dealkylation sites (N-methyl/N-ethyl adjacent to an activating group) is 2. The van der Waals surface area contributed by atoms with Crippen molar-refractivity contribution in [3.05, 3.63) is 34.9 Å². The fourth-order valence-electron chi connectivity index (χ4n) is 3.24. The summed E-state index contributed by atoms with van der Waals surface area (Å²) in [7, 11) is 4.31. The van der Waals surface area contributed by atoms with Gasteiger partial charge >= 0.3 is 0 Å². The molecule has 0 radical (unpaired) electrons. The zero-order valence-corrected chi connectivity index (χ0v) is 13.3. The summed E-state index contributed by atoms with van der Waals surface area (Å²) in [6, 6.07) is 6.93. The molecule has 0 aromatic heterocycles. The molecule has 1 aromatic rings. The summed E-state index contributed by atoms with van der Waals surface area (Å²) < 4.78 is 0. The van der Waals surface area contributed by atoms with Crippen LogP contribution >= 0.6 is 0 Å². The van der Waals surface area contributed by atoms with Crippen molar-refractivity contribution in [2.75, 3.05) is 33.7 Å². The molecular weight excluding hydrogens is 248 g/mol. The lowest BCUT2D eigenvalue weighted by atomic mass is 10.0. The predicted molar refractivity (Wildman–Crippen MR) is 84.0 cm³/mol. The number of hydrogen-bond donors (Lipinski definition) is 1. The lowest BCUT2D eigenvalue weighted by Crippen LogP contribution is -2.38. The molecule has 1 aromatic carbocycles. The normalized spacial score (nSPS) is 21.6. The van der Waals surface area contributed by atoms with Crippen molar-refractivity contribution in [2.45, 2.75) is 38.8 Å². The van der Waals surface area contributed by atoms with Crippen LogP contribution in [0.3, 0.4) is 0 Å². The molecule has 0 bridgehead atoms. The van der Waals surface area contributed by atoms with Crippen LogP contribution in [0.2, 0.25) is 0 Å². The first-order chi connectivity index (χ1) is 9.47. The third kappa shape index (κ3) is 3.81. The maximum absolute atomic E-state index is 10.4. The molecule has 0 spiro atoms. The van der Waals surface area contributed by atoms with E-state index in [1.807, 2.05) is 0 Å². The van der Waals surface area contributed by atoms with E-state index in [0.717, 1.165) is 12.1 Å². The average molecular weight is 276 g/mol. The van der Waals surface area contributed by atoms with Crippen molar-refractivity contribution < 1.29 is 5.11 Å². The molecule has 1 saturated heterocycles. The Labute approximate surface area is 123 Å². The first kappa shape index (κ1) is 15.5. The molecule has 2 unspecified atom stereocenters. The van der Waals surface area contributed by atoms with Crippen LogP contribution in [0.5, 0.6) is 0 Å². The number of nitrogens with zero attached hydrogens (tertiary/aromatic N) is 2. The van der Waals surface area contributed by atoms with Gasteiger partial charge in [0, 0.05) is 19.1 Å². The van der Waals surface area contributed by atoms with E-state index < -0.39 is 6.10 Å². The summed E-state index contributed by atoms with van der Waals surface area (Å²) in [6.45, 7) is 7.12. The summed E-state index contributed by atoms with van der Waals surface area (Å²) >= 11 is 0. The molecule has 2 atom stereocenters. The van der Waals surface area contributed by atoms with Crippen LogP contribution in [0.1, 0.15) is 35.6 Å². The van der Waals surface area contributed by atoms with E-state index >= 15 is 0 Å². The maximum Gasteiger partial charge on any atom is 0.0919 e. The molecule has 0 amide bonds. The summed E-state index contributed by atoms with van der Waals surface area (Å²) in [5, 5.41) is 10.4. The van der Waals surface area contributed by atoms with Crippen LogP contribution in [0.25, 0.3) is 0 Å². The van der Waals surface area contributed by atoms with Crippen molar-refractivity contribution in [1.29, 1.82) is 0 Å². The van der Waals surface area contributed by atoms with Gasteiger partial charge in [-0.3, -0.25) is 0 Å². The molecule has 1 N–H and O–H groups in total. The molecule has 1 fully saturated rings. The minimum absolute atomic E-state index is 0.396. The van der Waals surface area contributed by atoms with Gasteiger partial charge in [0.25, 0.3) is 0 Å². The number of aliphatic hydroxyl groups excluding tert-OH is 1. The second-order valence-electron chi connectivity index (χ2n) is 6.37. The Hall–Kier alpha value is -0.900. The van der Waals surface area contributed by atoms with Gasteiger partial charge in [-0.1, -0.05) is 23.8 Å². The molecule has 1 aliphatic heterocycles. The van der Waals surface area contributed by atoms with Gasteiger partial charge in [-0.2, -0.15) is 0 Å². The first-order valence-corrected chi connectivity index (χ1v) is 7.61. The third-order valence-electron chi connectivity index (χ3n) is 4.46. The molecule has 112 valence electrons. The number of hydrogen-bond acceptors (Lipinski definition) is 3. The van der Waals surface area contributed by atoms with Crippen LogP contribution in [0, 0.1) is 13.8 Å². The number of aliphatic hydroxyl groups is 1. The molecule has 20 heavy (non-hydrogen) atoms. The molecule has 3 heteroatoms. The zero-order chi connectivity index (χ0) is 14.7. The van der Waals surface area contributed by atoms with Gasteiger partial charge in [0.05, 0.1) is 6.10 Å². The topological polar surface area (TPSA) is 26.7 Å². The summed E-state index contributed by atoms with van der Waals surface area (Å²) in [5.41, 5.74) is 3.49. The number of aryl methyl sites for hydroxylation is 2. The first-order valence-electron chi connectivity index (χ1n) is 7.61. The lowest BCUT2D eigenvalue weighted by molar-refractivity contribution is 0.112. The summed E-state index contributed by atoms with van der Waals surface area (Å²) in [6.07, 6.45) is 2.18. The minimum atomic E-state index is -0.396. The SMILES string of the molecule is Cc1ccc(C(O)CN(C)CC2CCCN2C)c(C)c1. The maximum atomic E-state index is 10.4. The average Bonchev–Trinajstić information content (AvgIpc) is 2.74. The van der Waals surface area contributed by atoms with Crippen molar-refractivity contribution in [3.8, 4) is 0 Å².